The number of hydrogen-bond acceptors (Lipinski definition) is 3. The van der Waals surface area contributed by atoms with Crippen LogP contribution in [0.2, 0.25) is 0 Å². The molecule has 1 aliphatic rings. The summed E-state index contributed by atoms with van der Waals surface area (Å²) in [6, 6.07) is 1.87. The van der Waals surface area contributed by atoms with E-state index in [0.717, 1.165) is 28.8 Å². The van der Waals surface area contributed by atoms with Gasteiger partial charge in [0.15, 0.2) is 0 Å². The molecule has 0 spiro atoms. The normalized spacial score (nSPS) is 19.2. The Morgan fingerprint density at radius 2 is 2.47 bits per heavy atom. The fraction of sp³-hybridized carbons (Fsp3) is 0.545. The quantitative estimate of drug-likeness (QED) is 0.896. The van der Waals surface area contributed by atoms with Crippen LogP contribution in [0.25, 0.3) is 0 Å². The van der Waals surface area contributed by atoms with Crippen LogP contribution in [0.15, 0.2) is 15.2 Å². The summed E-state index contributed by atoms with van der Waals surface area (Å²) in [6.45, 7) is 1.97. The molecule has 2 N–H and O–H groups in total. The Morgan fingerprint density at radius 3 is 3.12 bits per heavy atom. The van der Waals surface area contributed by atoms with Crippen molar-refractivity contribution >= 4 is 33.3 Å². The molecule has 4 nitrogen and oxygen atoms in total. The Balaban J connectivity index is 1.63. The fourth-order valence-corrected chi connectivity index (χ4v) is 2.90. The van der Waals surface area contributed by atoms with Crippen LogP contribution in [0.5, 0.6) is 0 Å². The van der Waals surface area contributed by atoms with E-state index >= 15 is 0 Å². The van der Waals surface area contributed by atoms with Gasteiger partial charge < -0.3 is 15.4 Å². The van der Waals surface area contributed by atoms with Gasteiger partial charge in [-0.2, -0.15) is 0 Å². The molecule has 0 saturated carbocycles. The lowest BCUT2D eigenvalue weighted by Crippen LogP contribution is -2.39. The molecule has 0 aromatic carbocycles. The summed E-state index contributed by atoms with van der Waals surface area (Å²) in [6.07, 6.45) is 2.32. The van der Waals surface area contributed by atoms with E-state index < -0.39 is 0 Å². The van der Waals surface area contributed by atoms with E-state index in [9.17, 15) is 4.79 Å². The minimum absolute atomic E-state index is 0.136. The minimum Gasteiger partial charge on any atom is -0.376 e. The van der Waals surface area contributed by atoms with Crippen LogP contribution in [0, 0.1) is 0 Å². The van der Waals surface area contributed by atoms with Gasteiger partial charge in [0.1, 0.15) is 0 Å². The van der Waals surface area contributed by atoms with Crippen molar-refractivity contribution in [2.75, 3.05) is 13.2 Å². The Labute approximate surface area is 113 Å². The maximum absolute atomic E-state index is 11.5. The number of carbonyl (C=O) groups excluding carboxylic acids is 1. The third-order valence-electron chi connectivity index (χ3n) is 2.59. The average Bonchev–Trinajstić information content (AvgIpc) is 2.95. The van der Waals surface area contributed by atoms with Crippen LogP contribution in [0.1, 0.15) is 18.4 Å². The molecule has 94 valence electrons. The van der Waals surface area contributed by atoms with Gasteiger partial charge in [-0.25, -0.2) is 4.79 Å². The van der Waals surface area contributed by atoms with E-state index in [0.29, 0.717) is 13.1 Å². The Morgan fingerprint density at radius 1 is 1.59 bits per heavy atom. The standard InChI is InChI=1S/C11H15BrN2O2S/c12-10-4-8(7-17-10)5-13-11(15)14-6-9-2-1-3-16-9/h4,7,9H,1-3,5-6H2,(H2,13,14,15)/t9-/m1/s1. The molecule has 1 fully saturated rings. The van der Waals surface area contributed by atoms with Crippen molar-refractivity contribution in [3.05, 3.63) is 20.8 Å². The van der Waals surface area contributed by atoms with Crippen molar-refractivity contribution in [1.29, 1.82) is 0 Å². The van der Waals surface area contributed by atoms with Gasteiger partial charge in [0.25, 0.3) is 0 Å². The second-order valence-electron chi connectivity index (χ2n) is 3.96. The second kappa shape index (κ2) is 6.37. The molecule has 1 atom stereocenters. The summed E-state index contributed by atoms with van der Waals surface area (Å²) in [7, 11) is 0. The molecule has 17 heavy (non-hydrogen) atoms. The Bertz CT molecular complexity index is 377. The topological polar surface area (TPSA) is 50.4 Å². The molecule has 0 aliphatic carbocycles. The molecule has 0 bridgehead atoms. The van der Waals surface area contributed by atoms with Gasteiger partial charge >= 0.3 is 6.03 Å². The zero-order valence-corrected chi connectivity index (χ0v) is 11.8. The number of urea groups is 1. The molecular formula is C11H15BrN2O2S. The van der Waals surface area contributed by atoms with Crippen LogP contribution in [0.4, 0.5) is 4.79 Å². The number of halogens is 1. The molecule has 1 saturated heterocycles. The highest BCUT2D eigenvalue weighted by molar-refractivity contribution is 9.11. The smallest absolute Gasteiger partial charge is 0.315 e. The van der Waals surface area contributed by atoms with E-state index in [1.54, 1.807) is 11.3 Å². The van der Waals surface area contributed by atoms with E-state index in [4.69, 9.17) is 4.74 Å². The van der Waals surface area contributed by atoms with Crippen LogP contribution < -0.4 is 10.6 Å². The Hall–Kier alpha value is -0.590. The van der Waals surface area contributed by atoms with Gasteiger partial charge in [-0.1, -0.05) is 0 Å². The van der Waals surface area contributed by atoms with E-state index in [1.807, 2.05) is 11.4 Å². The lowest BCUT2D eigenvalue weighted by molar-refractivity contribution is 0.111. The molecule has 2 amide bonds. The third-order valence-corrected chi connectivity index (χ3v) is 4.14. The molecule has 1 aliphatic heterocycles. The summed E-state index contributed by atoms with van der Waals surface area (Å²) in [5.41, 5.74) is 1.11. The molecule has 0 radical (unpaired) electrons. The van der Waals surface area contributed by atoms with Crippen molar-refractivity contribution in [2.45, 2.75) is 25.5 Å². The predicted molar refractivity (Wildman–Crippen MR) is 71.2 cm³/mol. The van der Waals surface area contributed by atoms with Crippen LogP contribution in [0.3, 0.4) is 0 Å². The number of nitrogens with one attached hydrogen (secondary N) is 2. The van der Waals surface area contributed by atoms with Crippen molar-refractivity contribution in [1.82, 2.24) is 10.6 Å². The molecule has 2 heterocycles. The monoisotopic (exact) mass is 318 g/mol. The van der Waals surface area contributed by atoms with Crippen molar-refractivity contribution in [2.24, 2.45) is 0 Å². The maximum Gasteiger partial charge on any atom is 0.315 e. The van der Waals surface area contributed by atoms with Gasteiger partial charge in [-0.15, -0.1) is 11.3 Å². The summed E-state index contributed by atoms with van der Waals surface area (Å²) in [5.74, 6) is 0. The first kappa shape index (κ1) is 12.9. The van der Waals surface area contributed by atoms with E-state index in [1.165, 1.54) is 0 Å². The molecule has 1 aromatic rings. The number of amides is 2. The maximum atomic E-state index is 11.5. The Kier molecular flexibility index (Phi) is 4.82. The van der Waals surface area contributed by atoms with Crippen molar-refractivity contribution in [3.8, 4) is 0 Å². The van der Waals surface area contributed by atoms with Crippen LogP contribution in [-0.4, -0.2) is 25.3 Å². The average molecular weight is 319 g/mol. The largest absolute Gasteiger partial charge is 0.376 e. The van der Waals surface area contributed by atoms with Gasteiger partial charge in [0, 0.05) is 19.7 Å². The first-order valence-electron chi connectivity index (χ1n) is 5.60. The van der Waals surface area contributed by atoms with Crippen molar-refractivity contribution in [3.63, 3.8) is 0 Å². The predicted octanol–water partition coefficient (Wildman–Crippen LogP) is 2.49. The molecule has 1 aromatic heterocycles. The second-order valence-corrected chi connectivity index (χ2v) is 6.25. The highest BCUT2D eigenvalue weighted by Gasteiger charge is 2.15. The molecular weight excluding hydrogens is 304 g/mol. The van der Waals surface area contributed by atoms with E-state index in [-0.39, 0.29) is 12.1 Å². The molecule has 0 unspecified atom stereocenters. The number of hydrogen-bond donors (Lipinski definition) is 2. The molecule has 2 rings (SSSR count). The van der Waals surface area contributed by atoms with Gasteiger partial charge in [-0.05, 0) is 45.8 Å². The van der Waals surface area contributed by atoms with Gasteiger partial charge in [0.2, 0.25) is 0 Å². The zero-order chi connectivity index (χ0) is 12.1. The third kappa shape index (κ3) is 4.29. The number of thiophene rings is 1. The number of rotatable bonds is 4. The first-order valence-corrected chi connectivity index (χ1v) is 7.27. The van der Waals surface area contributed by atoms with Crippen LogP contribution in [-0.2, 0) is 11.3 Å². The van der Waals surface area contributed by atoms with Gasteiger partial charge in [0.05, 0.1) is 9.89 Å². The minimum atomic E-state index is -0.136. The van der Waals surface area contributed by atoms with Gasteiger partial charge in [-0.3, -0.25) is 0 Å². The van der Waals surface area contributed by atoms with Crippen molar-refractivity contribution < 1.29 is 9.53 Å². The lowest BCUT2D eigenvalue weighted by atomic mass is 10.2. The first-order chi connectivity index (χ1) is 8.24. The zero-order valence-electron chi connectivity index (χ0n) is 9.37. The lowest BCUT2D eigenvalue weighted by Gasteiger charge is -2.11. The number of carbonyl (C=O) groups is 1. The SMILES string of the molecule is O=C(NCc1csc(Br)c1)NC[C@H]1CCCO1. The highest BCUT2D eigenvalue weighted by atomic mass is 79.9. The van der Waals surface area contributed by atoms with E-state index in [2.05, 4.69) is 26.6 Å². The molecule has 6 heteroatoms. The number of ether oxygens (including phenoxy) is 1. The summed E-state index contributed by atoms with van der Waals surface area (Å²) < 4.78 is 6.50. The summed E-state index contributed by atoms with van der Waals surface area (Å²) >= 11 is 5.00. The van der Waals surface area contributed by atoms with Crippen LogP contribution >= 0.6 is 27.3 Å². The fourth-order valence-electron chi connectivity index (χ4n) is 1.70. The summed E-state index contributed by atoms with van der Waals surface area (Å²) in [5, 5.41) is 7.65. The highest BCUT2D eigenvalue weighted by Crippen LogP contribution is 2.20. The summed E-state index contributed by atoms with van der Waals surface area (Å²) in [4.78, 5) is 11.5.